The van der Waals surface area contributed by atoms with Crippen LogP contribution in [0.5, 0.6) is 57.5 Å². The molecule has 43 heavy (non-hydrogen) atoms. The van der Waals surface area contributed by atoms with E-state index in [-0.39, 0.29) is 57.4 Å². The van der Waals surface area contributed by atoms with Crippen molar-refractivity contribution in [2.45, 2.75) is 36.8 Å². The van der Waals surface area contributed by atoms with Crippen LogP contribution in [-0.4, -0.2) is 65.3 Å². The van der Waals surface area contributed by atoms with Gasteiger partial charge in [0.05, 0.1) is 19.1 Å². The largest absolute Gasteiger partial charge is 0.508 e. The highest BCUT2D eigenvalue weighted by Gasteiger charge is 2.46. The molecule has 224 valence electrons. The van der Waals surface area contributed by atoms with Crippen molar-refractivity contribution < 1.29 is 60.2 Å². The Morgan fingerprint density at radius 3 is 1.95 bits per heavy atom. The summed E-state index contributed by atoms with van der Waals surface area (Å²) in [5.74, 6) is -4.16. The van der Waals surface area contributed by atoms with Crippen LogP contribution in [0.1, 0.15) is 45.9 Å². The number of fused-ring (bicyclic) bond motifs is 2. The Morgan fingerprint density at radius 1 is 0.651 bits per heavy atom. The minimum Gasteiger partial charge on any atom is -0.508 e. The molecule has 0 amide bonds. The SMILES string of the molecule is COc1c(O)cc([C@H]2Oc3c(c(O)cc(O)c3[C@H]3c4c(O)cc(O)cc4O[C@@H](c4ccc(O)cc4)[C@H]3O)C[C@H]2O)cc1O. The topological polar surface area (TPSA) is 210 Å². The average Bonchev–Trinajstić information content (AvgIpc) is 2.94. The summed E-state index contributed by atoms with van der Waals surface area (Å²) in [5, 5.41) is 96.5. The van der Waals surface area contributed by atoms with Crippen LogP contribution < -0.4 is 14.2 Å². The monoisotopic (exact) mass is 592 g/mol. The van der Waals surface area contributed by atoms with Crippen LogP contribution in [0.3, 0.4) is 0 Å². The second-order valence-electron chi connectivity index (χ2n) is 10.5. The van der Waals surface area contributed by atoms with E-state index in [0.717, 1.165) is 12.1 Å². The molecule has 2 heterocycles. The summed E-state index contributed by atoms with van der Waals surface area (Å²) in [6, 6.07) is 11.6. The molecule has 0 fully saturated rings. The van der Waals surface area contributed by atoms with Crippen molar-refractivity contribution in [2.24, 2.45) is 0 Å². The van der Waals surface area contributed by atoms with E-state index >= 15 is 0 Å². The third kappa shape index (κ3) is 4.57. The highest BCUT2D eigenvalue weighted by Crippen LogP contribution is 2.57. The van der Waals surface area contributed by atoms with Crippen molar-refractivity contribution in [1.82, 2.24) is 0 Å². The molecule has 0 spiro atoms. The summed E-state index contributed by atoms with van der Waals surface area (Å²) in [5.41, 5.74) is 0.612. The number of hydrogen-bond donors (Lipinski definition) is 9. The number of methoxy groups -OCH3 is 1. The summed E-state index contributed by atoms with van der Waals surface area (Å²) in [7, 11) is 1.26. The number of phenolic OH excluding ortho intramolecular Hbond substituents is 7. The lowest BCUT2D eigenvalue weighted by Crippen LogP contribution is -2.36. The smallest absolute Gasteiger partial charge is 0.202 e. The molecule has 0 radical (unpaired) electrons. The predicted octanol–water partition coefficient (Wildman–Crippen LogP) is 3.30. The van der Waals surface area contributed by atoms with Crippen LogP contribution in [-0.2, 0) is 6.42 Å². The minimum atomic E-state index is -1.50. The lowest BCUT2D eigenvalue weighted by molar-refractivity contribution is 0.00119. The van der Waals surface area contributed by atoms with Crippen LogP contribution >= 0.6 is 0 Å². The van der Waals surface area contributed by atoms with Gasteiger partial charge in [0.1, 0.15) is 46.4 Å². The average molecular weight is 593 g/mol. The molecular formula is C31H28O12. The lowest BCUT2D eigenvalue weighted by Gasteiger charge is -2.40. The maximum atomic E-state index is 11.8. The predicted molar refractivity (Wildman–Crippen MR) is 148 cm³/mol. The summed E-state index contributed by atoms with van der Waals surface area (Å²) in [6.45, 7) is 0. The van der Waals surface area contributed by atoms with Crippen LogP contribution in [0.2, 0.25) is 0 Å². The summed E-state index contributed by atoms with van der Waals surface area (Å²) in [6.07, 6.45) is -5.33. The zero-order chi connectivity index (χ0) is 30.7. The molecule has 0 saturated carbocycles. The Morgan fingerprint density at radius 2 is 1.30 bits per heavy atom. The van der Waals surface area contributed by atoms with Crippen LogP contribution in [0.4, 0.5) is 0 Å². The third-order valence-electron chi connectivity index (χ3n) is 7.84. The van der Waals surface area contributed by atoms with E-state index in [1.807, 2.05) is 0 Å². The van der Waals surface area contributed by atoms with Crippen LogP contribution in [0, 0.1) is 0 Å². The Balaban J connectivity index is 1.54. The molecule has 4 aromatic carbocycles. The second kappa shape index (κ2) is 10.3. The van der Waals surface area contributed by atoms with Gasteiger partial charge in [-0.05, 0) is 29.8 Å². The van der Waals surface area contributed by atoms with E-state index in [9.17, 15) is 46.0 Å². The lowest BCUT2D eigenvalue weighted by atomic mass is 9.77. The molecular weight excluding hydrogens is 564 g/mol. The van der Waals surface area contributed by atoms with Crippen molar-refractivity contribution in [2.75, 3.05) is 7.11 Å². The first-order chi connectivity index (χ1) is 20.5. The quantitative estimate of drug-likeness (QED) is 0.167. The molecule has 0 aromatic heterocycles. The Labute approximate surface area is 244 Å². The maximum absolute atomic E-state index is 11.8. The van der Waals surface area contributed by atoms with E-state index in [2.05, 4.69) is 0 Å². The molecule has 12 nitrogen and oxygen atoms in total. The number of aliphatic hydroxyl groups excluding tert-OH is 2. The summed E-state index contributed by atoms with van der Waals surface area (Å²) < 4.78 is 17.2. The van der Waals surface area contributed by atoms with Gasteiger partial charge in [0.15, 0.2) is 23.7 Å². The maximum Gasteiger partial charge on any atom is 0.202 e. The molecule has 5 atom stereocenters. The van der Waals surface area contributed by atoms with Crippen molar-refractivity contribution in [3.05, 3.63) is 82.4 Å². The van der Waals surface area contributed by atoms with Crippen LogP contribution in [0.25, 0.3) is 0 Å². The fraction of sp³-hybridized carbons (Fsp3) is 0.226. The summed E-state index contributed by atoms with van der Waals surface area (Å²) >= 11 is 0. The molecule has 4 aromatic rings. The van der Waals surface area contributed by atoms with E-state index in [4.69, 9.17) is 14.2 Å². The second-order valence-corrected chi connectivity index (χ2v) is 10.5. The highest BCUT2D eigenvalue weighted by molar-refractivity contribution is 5.66. The van der Waals surface area contributed by atoms with Gasteiger partial charge in [-0.3, -0.25) is 0 Å². The molecule has 6 rings (SSSR count). The fourth-order valence-corrected chi connectivity index (χ4v) is 5.93. The normalized spacial score (nSPS) is 22.5. The third-order valence-corrected chi connectivity index (χ3v) is 7.84. The standard InChI is InChI=1S/C31H28O12/c1-41-31-20(37)6-13(7-21(31)38)28-22(39)10-16-17(34)11-19(36)25(30(16)43-28)26-24-18(35)8-15(33)9-23(24)42-29(27(26)40)12-2-4-14(32)5-3-12/h2-9,11,22,26-29,32-40H,10H2,1H3/t22-,26-,27+,28-,29+/m1/s1. The van der Waals surface area contributed by atoms with E-state index in [1.54, 1.807) is 0 Å². The first-order valence-electron chi connectivity index (χ1n) is 13.2. The number of hydrogen-bond acceptors (Lipinski definition) is 12. The molecule has 9 N–H and O–H groups in total. The molecule has 2 aliphatic heterocycles. The van der Waals surface area contributed by atoms with Gasteiger partial charge in [0.25, 0.3) is 0 Å². The Bertz CT molecular complexity index is 1690. The van der Waals surface area contributed by atoms with Gasteiger partial charge < -0.3 is 60.2 Å². The first kappa shape index (κ1) is 27.9. The molecule has 0 bridgehead atoms. The Hall–Kier alpha value is -5.20. The first-order valence-corrected chi connectivity index (χ1v) is 13.2. The number of aromatic hydroxyl groups is 7. The van der Waals surface area contributed by atoms with E-state index in [1.165, 1.54) is 49.6 Å². The molecule has 0 unspecified atom stereocenters. The zero-order valence-electron chi connectivity index (χ0n) is 22.5. The van der Waals surface area contributed by atoms with Crippen LogP contribution in [0.15, 0.2) is 54.6 Å². The number of aliphatic hydroxyl groups is 2. The molecule has 0 saturated heterocycles. The summed E-state index contributed by atoms with van der Waals surface area (Å²) in [4.78, 5) is 0. The fourth-order valence-electron chi connectivity index (χ4n) is 5.93. The van der Waals surface area contributed by atoms with Gasteiger partial charge in [0.2, 0.25) is 5.75 Å². The number of ether oxygens (including phenoxy) is 3. The van der Waals surface area contributed by atoms with Gasteiger partial charge >= 0.3 is 0 Å². The van der Waals surface area contributed by atoms with E-state index < -0.39 is 59.1 Å². The van der Waals surface area contributed by atoms with Crippen molar-refractivity contribution in [3.63, 3.8) is 0 Å². The highest BCUT2D eigenvalue weighted by atomic mass is 16.5. The van der Waals surface area contributed by atoms with Gasteiger partial charge in [0, 0.05) is 46.9 Å². The number of rotatable bonds is 4. The van der Waals surface area contributed by atoms with Gasteiger partial charge in [-0.1, -0.05) is 12.1 Å². The minimum absolute atomic E-state index is 0.00882. The van der Waals surface area contributed by atoms with Crippen molar-refractivity contribution in [3.8, 4) is 57.5 Å². The van der Waals surface area contributed by atoms with Crippen molar-refractivity contribution >= 4 is 0 Å². The van der Waals surface area contributed by atoms with Gasteiger partial charge in [-0.15, -0.1) is 0 Å². The number of benzene rings is 4. The van der Waals surface area contributed by atoms with Gasteiger partial charge in [-0.25, -0.2) is 0 Å². The molecule has 0 aliphatic carbocycles. The van der Waals surface area contributed by atoms with Gasteiger partial charge in [-0.2, -0.15) is 0 Å². The van der Waals surface area contributed by atoms with Crippen molar-refractivity contribution in [1.29, 1.82) is 0 Å². The zero-order valence-corrected chi connectivity index (χ0v) is 22.5. The van der Waals surface area contributed by atoms with E-state index in [0.29, 0.717) is 5.56 Å². The molecule has 2 aliphatic rings. The molecule has 12 heteroatoms. The number of phenols is 7. The Kier molecular flexibility index (Phi) is 6.67.